The van der Waals surface area contributed by atoms with E-state index in [1.807, 2.05) is 4.90 Å². The Balaban J connectivity index is 1.70. The van der Waals surface area contributed by atoms with Crippen LogP contribution in [0.2, 0.25) is 0 Å². The molecular weight excluding hydrogens is 413 g/mol. The number of morpholine rings is 1. The molecule has 1 fully saturated rings. The van der Waals surface area contributed by atoms with E-state index in [4.69, 9.17) is 9.47 Å². The van der Waals surface area contributed by atoms with Crippen LogP contribution >= 0.6 is 0 Å². The molecule has 0 aromatic heterocycles. The number of alkyl halides is 3. The van der Waals surface area contributed by atoms with E-state index < -0.39 is 17.6 Å². The number of halogens is 3. The molecule has 0 unspecified atom stereocenters. The molecule has 0 spiro atoms. The molecule has 2 aromatic rings. The number of nitrogens with zero attached hydrogens (tertiary/aromatic N) is 1. The Bertz CT molecular complexity index is 923. The Hall–Kier alpha value is -3.07. The van der Waals surface area contributed by atoms with E-state index in [0.717, 1.165) is 12.1 Å². The van der Waals surface area contributed by atoms with Gasteiger partial charge in [0, 0.05) is 31.5 Å². The van der Waals surface area contributed by atoms with E-state index in [9.17, 15) is 22.8 Å². The highest BCUT2D eigenvalue weighted by molar-refractivity contribution is 6.01. The van der Waals surface area contributed by atoms with Crippen LogP contribution in [-0.4, -0.2) is 45.1 Å². The van der Waals surface area contributed by atoms with Crippen LogP contribution in [0.3, 0.4) is 0 Å². The second-order valence-electron chi connectivity index (χ2n) is 7.03. The summed E-state index contributed by atoms with van der Waals surface area (Å²) < 4.78 is 49.9. The number of carbonyl (C=O) groups is 2. The molecule has 9 heteroatoms. The maximum Gasteiger partial charge on any atom is 0.416 e. The van der Waals surface area contributed by atoms with Crippen molar-refractivity contribution in [3.63, 3.8) is 0 Å². The molecule has 1 N–H and O–H groups in total. The number of methoxy groups -OCH3 is 1. The van der Waals surface area contributed by atoms with Gasteiger partial charge >= 0.3 is 6.18 Å². The van der Waals surface area contributed by atoms with Crippen LogP contribution in [0.15, 0.2) is 42.5 Å². The molecule has 166 valence electrons. The largest absolute Gasteiger partial charge is 0.497 e. The third kappa shape index (κ3) is 5.97. The predicted molar refractivity (Wildman–Crippen MR) is 110 cm³/mol. The number of hydrogen-bond donors (Lipinski definition) is 1. The smallest absolute Gasteiger partial charge is 0.416 e. The second kappa shape index (κ2) is 9.82. The molecule has 0 radical (unpaired) electrons. The van der Waals surface area contributed by atoms with Crippen LogP contribution in [0.25, 0.3) is 0 Å². The van der Waals surface area contributed by atoms with Gasteiger partial charge in [0.25, 0.3) is 0 Å². The predicted octanol–water partition coefficient (Wildman–Crippen LogP) is 4.15. The lowest BCUT2D eigenvalue weighted by Crippen LogP contribution is -2.36. The van der Waals surface area contributed by atoms with Crippen molar-refractivity contribution >= 4 is 23.1 Å². The van der Waals surface area contributed by atoms with Crippen molar-refractivity contribution in [2.45, 2.75) is 19.0 Å². The minimum atomic E-state index is -4.53. The van der Waals surface area contributed by atoms with Crippen LogP contribution in [0.5, 0.6) is 5.75 Å². The lowest BCUT2D eigenvalue weighted by atomic mass is 10.1. The van der Waals surface area contributed by atoms with E-state index in [1.54, 1.807) is 24.3 Å². The summed E-state index contributed by atoms with van der Waals surface area (Å²) in [5, 5.41) is 2.55. The van der Waals surface area contributed by atoms with Crippen molar-refractivity contribution < 1.29 is 32.2 Å². The van der Waals surface area contributed by atoms with E-state index in [-0.39, 0.29) is 24.3 Å². The standard InChI is InChI=1S/C22H23F3N2O4/c1-30-17-5-2-15(3-6-17)20(28)8-9-21(29)26-18-14-16(22(23,24)25)4-7-19(18)27-10-12-31-13-11-27/h2-7,14H,8-13H2,1H3,(H,26,29). The van der Waals surface area contributed by atoms with Gasteiger partial charge in [-0.15, -0.1) is 0 Å². The summed E-state index contributed by atoms with van der Waals surface area (Å²) in [4.78, 5) is 26.6. The van der Waals surface area contributed by atoms with Crippen LogP contribution in [0, 0.1) is 0 Å². The van der Waals surface area contributed by atoms with Gasteiger partial charge in [-0.05, 0) is 42.5 Å². The van der Waals surface area contributed by atoms with Gasteiger partial charge in [-0.3, -0.25) is 9.59 Å². The summed E-state index contributed by atoms with van der Waals surface area (Å²) in [7, 11) is 1.51. The van der Waals surface area contributed by atoms with E-state index in [0.29, 0.717) is 43.3 Å². The molecule has 0 bridgehead atoms. The Kier molecular flexibility index (Phi) is 7.17. The molecule has 0 aliphatic carbocycles. The molecule has 3 rings (SSSR count). The molecule has 1 saturated heterocycles. The number of benzene rings is 2. The number of nitrogens with one attached hydrogen (secondary N) is 1. The Morgan fingerprint density at radius 3 is 2.35 bits per heavy atom. The zero-order valence-corrected chi connectivity index (χ0v) is 17.0. The highest BCUT2D eigenvalue weighted by atomic mass is 19.4. The van der Waals surface area contributed by atoms with Gasteiger partial charge in [0.1, 0.15) is 5.75 Å². The number of ether oxygens (including phenoxy) is 2. The summed E-state index contributed by atoms with van der Waals surface area (Å²) in [6.45, 7) is 1.91. The first-order chi connectivity index (χ1) is 14.8. The third-order valence-electron chi connectivity index (χ3n) is 4.94. The lowest BCUT2D eigenvalue weighted by Gasteiger charge is -2.31. The normalized spacial score (nSPS) is 14.3. The highest BCUT2D eigenvalue weighted by Gasteiger charge is 2.32. The van der Waals surface area contributed by atoms with E-state index in [1.165, 1.54) is 13.2 Å². The van der Waals surface area contributed by atoms with Crippen LogP contribution < -0.4 is 15.0 Å². The SMILES string of the molecule is COc1ccc(C(=O)CCC(=O)Nc2cc(C(F)(F)F)ccc2N2CCOCC2)cc1. The fraction of sp³-hybridized carbons (Fsp3) is 0.364. The first-order valence-electron chi connectivity index (χ1n) is 9.79. The van der Waals surface area contributed by atoms with Crippen molar-refractivity contribution in [1.29, 1.82) is 0 Å². The van der Waals surface area contributed by atoms with Crippen molar-refractivity contribution in [2.24, 2.45) is 0 Å². The molecule has 1 aliphatic rings. The molecule has 0 saturated carbocycles. The summed E-state index contributed by atoms with van der Waals surface area (Å²) in [6, 6.07) is 9.76. The number of Topliss-reactive ketones (excluding diaryl/α,β-unsaturated/α-hetero) is 1. The number of anilines is 2. The highest BCUT2D eigenvalue weighted by Crippen LogP contribution is 2.36. The first-order valence-corrected chi connectivity index (χ1v) is 9.79. The van der Waals surface area contributed by atoms with Crippen molar-refractivity contribution in [2.75, 3.05) is 43.6 Å². The molecule has 2 aromatic carbocycles. The average molecular weight is 436 g/mol. The maximum atomic E-state index is 13.2. The fourth-order valence-electron chi connectivity index (χ4n) is 3.25. The third-order valence-corrected chi connectivity index (χ3v) is 4.94. The molecule has 1 heterocycles. The molecule has 31 heavy (non-hydrogen) atoms. The Morgan fingerprint density at radius 1 is 1.06 bits per heavy atom. The molecular formula is C22H23F3N2O4. The van der Waals surface area contributed by atoms with Gasteiger partial charge in [0.05, 0.1) is 37.3 Å². The van der Waals surface area contributed by atoms with Crippen LogP contribution in [0.4, 0.5) is 24.5 Å². The number of amides is 1. The minimum absolute atomic E-state index is 0.0655. The Labute approximate surface area is 177 Å². The zero-order valence-electron chi connectivity index (χ0n) is 17.0. The maximum absolute atomic E-state index is 13.2. The molecule has 0 atom stereocenters. The van der Waals surface area contributed by atoms with Gasteiger partial charge in [0.15, 0.2) is 5.78 Å². The van der Waals surface area contributed by atoms with Gasteiger partial charge < -0.3 is 19.7 Å². The van der Waals surface area contributed by atoms with Gasteiger partial charge in [-0.1, -0.05) is 0 Å². The fourth-order valence-corrected chi connectivity index (χ4v) is 3.25. The summed E-state index contributed by atoms with van der Waals surface area (Å²) >= 11 is 0. The molecule has 1 amide bonds. The lowest BCUT2D eigenvalue weighted by molar-refractivity contribution is -0.137. The summed E-state index contributed by atoms with van der Waals surface area (Å²) in [5.41, 5.74) is 0.139. The number of rotatable bonds is 7. The number of carbonyl (C=O) groups excluding carboxylic acids is 2. The minimum Gasteiger partial charge on any atom is -0.497 e. The zero-order chi connectivity index (χ0) is 22.4. The average Bonchev–Trinajstić information content (AvgIpc) is 2.77. The van der Waals surface area contributed by atoms with Crippen molar-refractivity contribution in [3.05, 3.63) is 53.6 Å². The van der Waals surface area contributed by atoms with Gasteiger partial charge in [0.2, 0.25) is 5.91 Å². The first kappa shape index (κ1) is 22.6. The Morgan fingerprint density at radius 2 is 1.74 bits per heavy atom. The summed E-state index contributed by atoms with van der Waals surface area (Å²) in [5.74, 6) is -0.166. The van der Waals surface area contributed by atoms with Crippen LogP contribution in [0.1, 0.15) is 28.8 Å². The van der Waals surface area contributed by atoms with Crippen molar-refractivity contribution in [3.8, 4) is 5.75 Å². The van der Waals surface area contributed by atoms with E-state index >= 15 is 0 Å². The second-order valence-corrected chi connectivity index (χ2v) is 7.03. The topological polar surface area (TPSA) is 67.9 Å². The molecule has 1 aliphatic heterocycles. The van der Waals surface area contributed by atoms with Gasteiger partial charge in [-0.25, -0.2) is 0 Å². The molecule has 6 nitrogen and oxygen atoms in total. The van der Waals surface area contributed by atoms with Crippen molar-refractivity contribution in [1.82, 2.24) is 0 Å². The van der Waals surface area contributed by atoms with Crippen LogP contribution in [-0.2, 0) is 15.7 Å². The number of hydrogen-bond acceptors (Lipinski definition) is 5. The van der Waals surface area contributed by atoms with Gasteiger partial charge in [-0.2, -0.15) is 13.2 Å². The monoisotopic (exact) mass is 436 g/mol. The number of ketones is 1. The quantitative estimate of drug-likeness (QED) is 0.661. The van der Waals surface area contributed by atoms with E-state index in [2.05, 4.69) is 5.32 Å². The summed E-state index contributed by atoms with van der Waals surface area (Å²) in [6.07, 6.45) is -4.75.